The summed E-state index contributed by atoms with van der Waals surface area (Å²) >= 11 is 1.69. The van der Waals surface area contributed by atoms with Gasteiger partial charge in [0, 0.05) is 42.6 Å². The molecule has 2 saturated heterocycles. The molecule has 2 fully saturated rings. The van der Waals surface area contributed by atoms with Gasteiger partial charge in [0.2, 0.25) is 0 Å². The lowest BCUT2D eigenvalue weighted by atomic mass is 9.98. The third-order valence-corrected chi connectivity index (χ3v) is 7.77. The number of hydrogen-bond donors (Lipinski definition) is 1. The van der Waals surface area contributed by atoms with E-state index in [1.165, 1.54) is 4.57 Å². The minimum Gasteiger partial charge on any atom is -0.391 e. The lowest BCUT2D eigenvalue weighted by Crippen LogP contribution is -2.39. The average Bonchev–Trinajstić information content (AvgIpc) is 3.34. The Morgan fingerprint density at radius 2 is 1.88 bits per heavy atom. The molecule has 0 aliphatic carbocycles. The van der Waals surface area contributed by atoms with Crippen LogP contribution in [0.4, 0.5) is 5.13 Å². The van der Waals surface area contributed by atoms with Gasteiger partial charge < -0.3 is 19.5 Å². The van der Waals surface area contributed by atoms with Gasteiger partial charge in [0.15, 0.2) is 5.13 Å². The zero-order chi connectivity index (χ0) is 23.1. The molecule has 0 saturated carbocycles. The Morgan fingerprint density at radius 1 is 1.06 bits per heavy atom. The van der Waals surface area contributed by atoms with E-state index < -0.39 is 12.1 Å². The number of fused-ring (bicyclic) bond motifs is 3. The molecule has 9 heteroatoms. The second kappa shape index (κ2) is 9.07. The molecule has 4 aromatic rings. The molecule has 2 aromatic heterocycles. The minimum atomic E-state index is -0.624. The maximum atomic E-state index is 13.6. The summed E-state index contributed by atoms with van der Waals surface area (Å²) in [5, 5.41) is 14.1. The van der Waals surface area contributed by atoms with Crippen LogP contribution in [0, 0.1) is 0 Å². The van der Waals surface area contributed by atoms with E-state index >= 15 is 0 Å². The molecule has 4 heterocycles. The molecule has 0 amide bonds. The fourth-order valence-corrected chi connectivity index (χ4v) is 5.86. The van der Waals surface area contributed by atoms with Crippen LogP contribution in [0.5, 0.6) is 0 Å². The summed E-state index contributed by atoms with van der Waals surface area (Å²) in [6, 6.07) is 9.63. The smallest absolute Gasteiger partial charge is 0.261 e. The van der Waals surface area contributed by atoms with Crippen LogP contribution in [0.2, 0.25) is 0 Å². The second-order valence-corrected chi connectivity index (χ2v) is 9.91. The quantitative estimate of drug-likeness (QED) is 0.451. The monoisotopic (exact) mass is 478 g/mol. The second-order valence-electron chi connectivity index (χ2n) is 8.82. The van der Waals surface area contributed by atoms with Crippen molar-refractivity contribution in [2.75, 3.05) is 44.4 Å². The Morgan fingerprint density at radius 3 is 2.71 bits per heavy atom. The lowest BCUT2D eigenvalue weighted by Gasteiger charge is -2.29. The van der Waals surface area contributed by atoms with E-state index in [0.717, 1.165) is 52.6 Å². The Hall–Kier alpha value is -2.85. The van der Waals surface area contributed by atoms with Crippen molar-refractivity contribution in [3.63, 3.8) is 0 Å². The average molecular weight is 479 g/mol. The number of nitrogens with zero attached hydrogens (tertiary/aromatic N) is 4. The molecule has 0 spiro atoms. The number of hydrogen-bond acceptors (Lipinski definition) is 8. The van der Waals surface area contributed by atoms with E-state index in [1.54, 1.807) is 17.7 Å². The lowest BCUT2D eigenvalue weighted by molar-refractivity contribution is -0.0303. The van der Waals surface area contributed by atoms with Crippen molar-refractivity contribution in [3.05, 3.63) is 63.7 Å². The highest BCUT2D eigenvalue weighted by atomic mass is 32.1. The molecule has 0 bridgehead atoms. The predicted octanol–water partition coefficient (Wildman–Crippen LogP) is 2.76. The van der Waals surface area contributed by atoms with E-state index in [9.17, 15) is 9.90 Å². The van der Waals surface area contributed by atoms with Crippen molar-refractivity contribution < 1.29 is 14.6 Å². The van der Waals surface area contributed by atoms with Gasteiger partial charge >= 0.3 is 0 Å². The van der Waals surface area contributed by atoms with E-state index in [-0.39, 0.29) is 5.56 Å². The van der Waals surface area contributed by atoms with Crippen LogP contribution in [0.1, 0.15) is 22.9 Å². The van der Waals surface area contributed by atoms with Crippen LogP contribution in [-0.2, 0) is 15.9 Å². The minimum absolute atomic E-state index is 0.148. The van der Waals surface area contributed by atoms with Crippen LogP contribution < -0.4 is 10.5 Å². The number of thiazole rings is 1. The SMILES string of the molecule is O=c1c2cc(Cc3cnc(N4CCOCC4)s3)c3ccccc3c2ncn1[C@H]1COCC[C@@H]1O. The molecule has 2 aliphatic rings. The number of aliphatic hydroxyl groups is 1. The van der Waals surface area contributed by atoms with Gasteiger partial charge in [-0.15, -0.1) is 11.3 Å². The molecule has 2 aromatic carbocycles. The first-order valence-corrected chi connectivity index (χ1v) is 12.5. The predicted molar refractivity (Wildman–Crippen MR) is 132 cm³/mol. The molecule has 1 N–H and O–H groups in total. The van der Waals surface area contributed by atoms with Crippen molar-refractivity contribution in [2.24, 2.45) is 0 Å². The van der Waals surface area contributed by atoms with Crippen molar-refractivity contribution >= 4 is 38.1 Å². The summed E-state index contributed by atoms with van der Waals surface area (Å²) < 4.78 is 12.5. The van der Waals surface area contributed by atoms with Crippen LogP contribution in [0.25, 0.3) is 21.7 Å². The first-order chi connectivity index (χ1) is 16.7. The van der Waals surface area contributed by atoms with Crippen molar-refractivity contribution in [2.45, 2.75) is 25.0 Å². The zero-order valence-electron chi connectivity index (χ0n) is 18.7. The highest BCUT2D eigenvalue weighted by Crippen LogP contribution is 2.31. The third-order valence-electron chi connectivity index (χ3n) is 6.71. The standard InChI is InChI=1S/C25H26N4O4S/c30-22-5-8-33-14-21(22)29-15-27-23-19-4-2-1-3-18(19)16(12-20(23)24(29)31)11-17-13-26-25(34-17)28-6-9-32-10-7-28/h1-4,12-13,15,21-22,30H,5-11,14H2/t21-,22-/m0/s1. The van der Waals surface area contributed by atoms with Crippen molar-refractivity contribution in [3.8, 4) is 0 Å². The number of rotatable bonds is 4. The fraction of sp³-hybridized carbons (Fsp3) is 0.400. The molecule has 0 radical (unpaired) electrons. The first kappa shape index (κ1) is 21.7. The van der Waals surface area contributed by atoms with E-state index in [1.807, 2.05) is 30.5 Å². The molecule has 2 atom stereocenters. The van der Waals surface area contributed by atoms with Gasteiger partial charge in [0.05, 0.1) is 49.2 Å². The molecule has 176 valence electrons. The summed E-state index contributed by atoms with van der Waals surface area (Å²) in [6.07, 6.45) is 4.06. The largest absolute Gasteiger partial charge is 0.391 e. The summed E-state index contributed by atoms with van der Waals surface area (Å²) in [4.78, 5) is 26.3. The Labute approximate surface area is 200 Å². The van der Waals surface area contributed by atoms with E-state index in [0.29, 0.717) is 37.0 Å². The van der Waals surface area contributed by atoms with Gasteiger partial charge in [-0.05, 0) is 23.4 Å². The van der Waals surface area contributed by atoms with Crippen LogP contribution in [0.3, 0.4) is 0 Å². The fourth-order valence-electron chi connectivity index (χ4n) is 4.88. The number of ether oxygens (including phenoxy) is 2. The van der Waals surface area contributed by atoms with Crippen molar-refractivity contribution in [1.29, 1.82) is 0 Å². The summed E-state index contributed by atoms with van der Waals surface area (Å²) in [5.74, 6) is 0. The normalized spacial score (nSPS) is 21.4. The van der Waals surface area contributed by atoms with E-state index in [4.69, 9.17) is 9.47 Å². The first-order valence-electron chi connectivity index (χ1n) is 11.6. The van der Waals surface area contributed by atoms with Gasteiger partial charge in [0.25, 0.3) is 5.56 Å². The maximum absolute atomic E-state index is 13.6. The van der Waals surface area contributed by atoms with Gasteiger partial charge in [-0.3, -0.25) is 9.36 Å². The van der Waals surface area contributed by atoms with E-state index in [2.05, 4.69) is 20.9 Å². The number of aromatic nitrogens is 3. The molecule has 0 unspecified atom stereocenters. The van der Waals surface area contributed by atoms with Crippen LogP contribution in [-0.4, -0.2) is 65.3 Å². The topological polar surface area (TPSA) is 89.7 Å². The Bertz CT molecular complexity index is 1390. The summed E-state index contributed by atoms with van der Waals surface area (Å²) in [6.45, 7) is 3.97. The highest BCUT2D eigenvalue weighted by molar-refractivity contribution is 7.15. The van der Waals surface area contributed by atoms with Gasteiger partial charge in [-0.25, -0.2) is 9.97 Å². The van der Waals surface area contributed by atoms with Gasteiger partial charge in [0.1, 0.15) is 0 Å². The molecule has 6 rings (SSSR count). The summed E-state index contributed by atoms with van der Waals surface area (Å²) in [7, 11) is 0. The van der Waals surface area contributed by atoms with Crippen LogP contribution in [0.15, 0.2) is 47.7 Å². The van der Waals surface area contributed by atoms with Crippen LogP contribution >= 0.6 is 11.3 Å². The molecule has 2 aliphatic heterocycles. The molecular weight excluding hydrogens is 452 g/mol. The zero-order valence-corrected chi connectivity index (χ0v) is 19.5. The Balaban J connectivity index is 1.42. The third kappa shape index (κ3) is 3.88. The summed E-state index contributed by atoms with van der Waals surface area (Å²) in [5.41, 5.74) is 1.60. The molecular formula is C25H26N4O4S. The maximum Gasteiger partial charge on any atom is 0.261 e. The Kier molecular flexibility index (Phi) is 5.78. The van der Waals surface area contributed by atoms with Crippen molar-refractivity contribution in [1.82, 2.24) is 14.5 Å². The van der Waals surface area contributed by atoms with Gasteiger partial charge in [-0.2, -0.15) is 0 Å². The number of benzene rings is 2. The number of morpholine rings is 1. The molecule has 8 nitrogen and oxygen atoms in total. The van der Waals surface area contributed by atoms with Gasteiger partial charge in [-0.1, -0.05) is 24.3 Å². The molecule has 34 heavy (non-hydrogen) atoms. The number of anilines is 1. The highest BCUT2D eigenvalue weighted by Gasteiger charge is 2.27. The number of aliphatic hydroxyl groups excluding tert-OH is 1.